The van der Waals surface area contributed by atoms with Crippen LogP contribution in [0.25, 0.3) is 0 Å². The van der Waals surface area contributed by atoms with E-state index in [2.05, 4.69) is 15.9 Å². The predicted octanol–water partition coefficient (Wildman–Crippen LogP) is 2.96. The Morgan fingerprint density at radius 2 is 1.73 bits per heavy atom. The van der Waals surface area contributed by atoms with E-state index in [-0.39, 0.29) is 11.5 Å². The molecule has 3 rings (SSSR count). The molecular weight excluding hydrogens is 418 g/mol. The van der Waals surface area contributed by atoms with E-state index in [9.17, 15) is 13.2 Å². The van der Waals surface area contributed by atoms with E-state index in [1.165, 1.54) is 0 Å². The van der Waals surface area contributed by atoms with Gasteiger partial charge in [0, 0.05) is 10.4 Å². The summed E-state index contributed by atoms with van der Waals surface area (Å²) in [5.74, 6) is -1.34. The summed E-state index contributed by atoms with van der Waals surface area (Å²) in [5, 5.41) is -1.06. The fourth-order valence-electron chi connectivity index (χ4n) is 3.30. The average Bonchev–Trinajstić information content (AvgIpc) is 3.25. The molecule has 1 aliphatic carbocycles. The number of aryl methyl sites for hydroxylation is 1. The molecule has 0 aromatic heterocycles. The number of carbonyl (C=O) groups is 1. The summed E-state index contributed by atoms with van der Waals surface area (Å²) in [4.78, 5) is 12.7. The zero-order valence-corrected chi connectivity index (χ0v) is 16.9. The average molecular weight is 438 g/mol. The lowest BCUT2D eigenvalue weighted by molar-refractivity contribution is -0.145. The van der Waals surface area contributed by atoms with Crippen molar-refractivity contribution in [3.8, 4) is 0 Å². The number of sulfone groups is 1. The van der Waals surface area contributed by atoms with Crippen LogP contribution in [0.1, 0.15) is 24.0 Å². The van der Waals surface area contributed by atoms with Gasteiger partial charge in [0.2, 0.25) is 0 Å². The van der Waals surface area contributed by atoms with Gasteiger partial charge >= 0.3 is 5.97 Å². The SMILES string of the molecule is CCOC(=O)[C@]1(N)[C@H](c2ccc(Br)cc2)[C@@H]1S(=O)(=O)c1ccc(C)cc1. The number of benzene rings is 2. The Morgan fingerprint density at radius 1 is 1.15 bits per heavy atom. The molecule has 1 fully saturated rings. The Morgan fingerprint density at radius 3 is 2.27 bits per heavy atom. The summed E-state index contributed by atoms with van der Waals surface area (Å²) in [6.07, 6.45) is 0. The maximum Gasteiger partial charge on any atom is 0.328 e. The van der Waals surface area contributed by atoms with Gasteiger partial charge in [-0.2, -0.15) is 0 Å². The largest absolute Gasteiger partial charge is 0.465 e. The van der Waals surface area contributed by atoms with Crippen LogP contribution in [0.2, 0.25) is 0 Å². The lowest BCUT2D eigenvalue weighted by Crippen LogP contribution is -2.41. The van der Waals surface area contributed by atoms with Crippen molar-refractivity contribution in [1.82, 2.24) is 0 Å². The summed E-state index contributed by atoms with van der Waals surface area (Å²) >= 11 is 3.35. The minimum absolute atomic E-state index is 0.141. The first-order valence-corrected chi connectivity index (χ1v) is 10.6. The minimum atomic E-state index is -3.80. The number of ether oxygens (including phenoxy) is 1. The van der Waals surface area contributed by atoms with Crippen LogP contribution in [0.3, 0.4) is 0 Å². The summed E-state index contributed by atoms with van der Waals surface area (Å²) in [7, 11) is -3.80. The molecule has 0 unspecified atom stereocenters. The zero-order valence-electron chi connectivity index (χ0n) is 14.5. The highest BCUT2D eigenvalue weighted by molar-refractivity contribution is 9.10. The monoisotopic (exact) mass is 437 g/mol. The van der Waals surface area contributed by atoms with Gasteiger partial charge in [-0.1, -0.05) is 45.8 Å². The molecule has 0 amide bonds. The Bertz CT molecular complexity index is 925. The first kappa shape index (κ1) is 19.1. The molecule has 1 saturated carbocycles. The van der Waals surface area contributed by atoms with Gasteiger partial charge in [-0.05, 0) is 43.7 Å². The topological polar surface area (TPSA) is 86.5 Å². The number of esters is 1. The van der Waals surface area contributed by atoms with Crippen LogP contribution < -0.4 is 5.73 Å². The van der Waals surface area contributed by atoms with Crippen molar-refractivity contribution in [3.63, 3.8) is 0 Å². The van der Waals surface area contributed by atoms with Crippen LogP contribution in [0.5, 0.6) is 0 Å². The van der Waals surface area contributed by atoms with E-state index in [0.717, 1.165) is 10.0 Å². The van der Waals surface area contributed by atoms with Crippen molar-refractivity contribution >= 4 is 31.7 Å². The molecule has 0 radical (unpaired) electrons. The highest BCUT2D eigenvalue weighted by Gasteiger charge is 2.74. The summed E-state index contributed by atoms with van der Waals surface area (Å²) in [5.41, 5.74) is 6.38. The second-order valence-electron chi connectivity index (χ2n) is 6.46. The molecule has 1 aliphatic rings. The quantitative estimate of drug-likeness (QED) is 0.726. The molecule has 5 nitrogen and oxygen atoms in total. The van der Waals surface area contributed by atoms with Crippen molar-refractivity contribution in [2.45, 2.75) is 35.4 Å². The predicted molar refractivity (Wildman–Crippen MR) is 103 cm³/mol. The van der Waals surface area contributed by atoms with Gasteiger partial charge in [-0.3, -0.25) is 0 Å². The molecule has 0 bridgehead atoms. The lowest BCUT2D eigenvalue weighted by atomic mass is 10.1. The smallest absolute Gasteiger partial charge is 0.328 e. The Hall–Kier alpha value is -1.70. The third-order valence-corrected chi connectivity index (χ3v) is 7.51. The van der Waals surface area contributed by atoms with Crippen LogP contribution in [0.4, 0.5) is 0 Å². The van der Waals surface area contributed by atoms with Crippen molar-refractivity contribution in [2.75, 3.05) is 6.61 Å². The Kier molecular flexibility index (Phi) is 4.98. The van der Waals surface area contributed by atoms with Gasteiger partial charge in [-0.15, -0.1) is 0 Å². The van der Waals surface area contributed by atoms with Crippen LogP contribution in [-0.2, 0) is 19.4 Å². The summed E-state index contributed by atoms with van der Waals surface area (Å²) in [6.45, 7) is 3.69. The van der Waals surface area contributed by atoms with Crippen molar-refractivity contribution in [1.29, 1.82) is 0 Å². The molecule has 2 N–H and O–H groups in total. The maximum absolute atomic E-state index is 13.2. The molecule has 0 saturated heterocycles. The molecule has 7 heteroatoms. The van der Waals surface area contributed by atoms with Crippen LogP contribution in [0, 0.1) is 6.92 Å². The molecule has 0 spiro atoms. The fourth-order valence-corrected chi connectivity index (χ4v) is 5.80. The molecule has 26 heavy (non-hydrogen) atoms. The Balaban J connectivity index is 2.06. The molecule has 0 heterocycles. The zero-order chi connectivity index (χ0) is 19.1. The van der Waals surface area contributed by atoms with E-state index in [4.69, 9.17) is 10.5 Å². The van der Waals surface area contributed by atoms with Gasteiger partial charge in [0.25, 0.3) is 0 Å². The second-order valence-corrected chi connectivity index (χ2v) is 9.45. The van der Waals surface area contributed by atoms with E-state index >= 15 is 0 Å². The van der Waals surface area contributed by atoms with Gasteiger partial charge < -0.3 is 10.5 Å². The minimum Gasteiger partial charge on any atom is -0.465 e. The van der Waals surface area contributed by atoms with Crippen LogP contribution in [0.15, 0.2) is 57.9 Å². The van der Waals surface area contributed by atoms with E-state index in [0.29, 0.717) is 5.56 Å². The van der Waals surface area contributed by atoms with Crippen LogP contribution >= 0.6 is 15.9 Å². The molecule has 2 aromatic rings. The van der Waals surface area contributed by atoms with Crippen molar-refractivity contribution in [2.24, 2.45) is 5.73 Å². The van der Waals surface area contributed by atoms with E-state index in [1.54, 1.807) is 55.5 Å². The van der Waals surface area contributed by atoms with Gasteiger partial charge in [-0.25, -0.2) is 13.2 Å². The van der Waals surface area contributed by atoms with Gasteiger partial charge in [0.15, 0.2) is 9.84 Å². The lowest BCUT2D eigenvalue weighted by Gasteiger charge is -2.11. The molecular formula is C19H20BrNO4S. The fraction of sp³-hybridized carbons (Fsp3) is 0.316. The van der Waals surface area contributed by atoms with Gasteiger partial charge in [0.05, 0.1) is 11.5 Å². The summed E-state index contributed by atoms with van der Waals surface area (Å²) in [6, 6.07) is 13.7. The molecule has 138 valence electrons. The second kappa shape index (κ2) is 6.79. The van der Waals surface area contributed by atoms with Gasteiger partial charge in [0.1, 0.15) is 10.8 Å². The van der Waals surface area contributed by atoms with Crippen molar-refractivity contribution < 1.29 is 17.9 Å². The molecule has 0 aliphatic heterocycles. The number of rotatable bonds is 5. The third-order valence-electron chi connectivity index (χ3n) is 4.72. The first-order chi connectivity index (χ1) is 12.2. The highest BCUT2D eigenvalue weighted by atomic mass is 79.9. The Labute approximate surface area is 161 Å². The number of halogens is 1. The van der Waals surface area contributed by atoms with Crippen molar-refractivity contribution in [3.05, 3.63) is 64.1 Å². The number of carbonyl (C=O) groups excluding carboxylic acids is 1. The van der Waals surface area contributed by atoms with E-state index in [1.807, 2.05) is 6.92 Å². The number of hydrogen-bond acceptors (Lipinski definition) is 5. The standard InChI is InChI=1S/C19H20BrNO4S/c1-3-25-18(22)19(21)16(13-6-8-14(20)9-7-13)17(19)26(23,24)15-10-4-12(2)5-11-15/h4-11,16-17H,3,21H2,1-2H3/t16-,17+,19+/m1/s1. The van der Waals surface area contributed by atoms with Crippen LogP contribution in [-0.4, -0.2) is 31.8 Å². The normalized spacial score (nSPS) is 24.9. The first-order valence-electron chi connectivity index (χ1n) is 8.25. The van der Waals surface area contributed by atoms with E-state index < -0.39 is 32.5 Å². The molecule has 2 aromatic carbocycles. The number of nitrogens with two attached hydrogens (primary N) is 1. The number of hydrogen-bond donors (Lipinski definition) is 1. The summed E-state index contributed by atoms with van der Waals surface area (Å²) < 4.78 is 32.3. The third kappa shape index (κ3) is 3.08. The highest BCUT2D eigenvalue weighted by Crippen LogP contribution is 2.56. The molecule has 3 atom stereocenters. The maximum atomic E-state index is 13.2.